The molecule has 0 saturated carbocycles. The number of hydrogen-bond acceptors (Lipinski definition) is 4. The van der Waals surface area contributed by atoms with Crippen LogP contribution in [0.25, 0.3) is 0 Å². The van der Waals surface area contributed by atoms with Crippen LogP contribution >= 0.6 is 11.6 Å². The predicted molar refractivity (Wildman–Crippen MR) is 52.1 cm³/mol. The summed E-state index contributed by atoms with van der Waals surface area (Å²) in [4.78, 5) is 14.7. The van der Waals surface area contributed by atoms with Gasteiger partial charge in [0, 0.05) is 6.07 Å². The number of aromatic nitrogens is 1. The molecular formula is C9H8ClF2NO3. The van der Waals surface area contributed by atoms with Crippen LogP contribution in [0.15, 0.2) is 6.07 Å². The number of carbonyl (C=O) groups excluding carboxylic acids is 1. The summed E-state index contributed by atoms with van der Waals surface area (Å²) in [5, 5.41) is -0.428. The van der Waals surface area contributed by atoms with Crippen molar-refractivity contribution in [2.24, 2.45) is 0 Å². The zero-order valence-corrected chi connectivity index (χ0v) is 9.22. The predicted octanol–water partition coefficient (Wildman–Crippen LogP) is 2.47. The smallest absolute Gasteiger partial charge is 0.339 e. The molecule has 0 unspecified atom stereocenters. The van der Waals surface area contributed by atoms with Crippen molar-refractivity contribution in [3.63, 3.8) is 0 Å². The number of nitrogens with zero attached hydrogens (tertiary/aromatic N) is 1. The minimum Gasteiger partial charge on any atom is -0.481 e. The average molecular weight is 252 g/mol. The number of hydrogen-bond donors (Lipinski definition) is 0. The van der Waals surface area contributed by atoms with Crippen molar-refractivity contribution in [2.45, 2.75) is 6.43 Å². The summed E-state index contributed by atoms with van der Waals surface area (Å²) < 4.78 is 34.2. The van der Waals surface area contributed by atoms with E-state index in [2.05, 4.69) is 14.5 Å². The van der Waals surface area contributed by atoms with E-state index in [0.29, 0.717) is 0 Å². The van der Waals surface area contributed by atoms with E-state index in [1.165, 1.54) is 7.11 Å². The summed E-state index contributed by atoms with van der Waals surface area (Å²) in [5.41, 5.74) is -0.910. The molecule has 4 nitrogen and oxygen atoms in total. The highest BCUT2D eigenvalue weighted by atomic mass is 35.5. The fourth-order valence-corrected chi connectivity index (χ4v) is 1.29. The van der Waals surface area contributed by atoms with Crippen molar-refractivity contribution in [3.8, 4) is 5.88 Å². The van der Waals surface area contributed by atoms with Gasteiger partial charge in [-0.2, -0.15) is 0 Å². The van der Waals surface area contributed by atoms with Crippen LogP contribution in [0.4, 0.5) is 8.78 Å². The highest BCUT2D eigenvalue weighted by Gasteiger charge is 2.22. The van der Waals surface area contributed by atoms with Crippen molar-refractivity contribution in [1.29, 1.82) is 0 Å². The summed E-state index contributed by atoms with van der Waals surface area (Å²) in [7, 11) is 2.36. The molecule has 1 rings (SSSR count). The Labute approximate surface area is 95.1 Å². The minimum atomic E-state index is -2.90. The van der Waals surface area contributed by atoms with Crippen LogP contribution in [0.1, 0.15) is 22.5 Å². The number of esters is 1. The maximum absolute atomic E-state index is 12.5. The molecule has 0 radical (unpaired) electrons. The van der Waals surface area contributed by atoms with Crippen LogP contribution < -0.4 is 4.74 Å². The molecule has 0 aliphatic carbocycles. The van der Waals surface area contributed by atoms with Gasteiger partial charge in [-0.3, -0.25) is 0 Å². The summed E-state index contributed by atoms with van der Waals surface area (Å²) in [6.45, 7) is 0. The first kappa shape index (κ1) is 12.6. The van der Waals surface area contributed by atoms with E-state index in [1.807, 2.05) is 0 Å². The Balaban J connectivity index is 3.37. The molecule has 1 aromatic rings. The lowest BCUT2D eigenvalue weighted by Crippen LogP contribution is -2.07. The second-order valence-electron chi connectivity index (χ2n) is 2.70. The minimum absolute atomic E-state index is 0.125. The number of halogens is 3. The monoisotopic (exact) mass is 251 g/mol. The molecule has 0 aliphatic rings. The Hall–Kier alpha value is -1.43. The molecule has 88 valence electrons. The SMILES string of the molecule is COC(=O)c1cc(OC)nc(C(F)F)c1Cl. The third-order valence-corrected chi connectivity index (χ3v) is 2.18. The Morgan fingerprint density at radius 1 is 1.50 bits per heavy atom. The Kier molecular flexibility index (Phi) is 4.00. The van der Waals surface area contributed by atoms with E-state index in [0.717, 1.165) is 13.2 Å². The molecule has 0 fully saturated rings. The van der Waals surface area contributed by atoms with Gasteiger partial charge in [0.25, 0.3) is 6.43 Å². The second-order valence-corrected chi connectivity index (χ2v) is 3.08. The molecule has 0 bridgehead atoms. The largest absolute Gasteiger partial charge is 0.481 e. The van der Waals surface area contributed by atoms with Crippen LogP contribution in [-0.2, 0) is 4.74 Å². The van der Waals surface area contributed by atoms with Gasteiger partial charge in [-0.05, 0) is 0 Å². The highest BCUT2D eigenvalue weighted by Crippen LogP contribution is 2.31. The fourth-order valence-electron chi connectivity index (χ4n) is 1.03. The molecule has 0 saturated heterocycles. The third-order valence-electron chi connectivity index (χ3n) is 1.78. The lowest BCUT2D eigenvalue weighted by atomic mass is 10.2. The molecule has 0 amide bonds. The van der Waals surface area contributed by atoms with Crippen molar-refractivity contribution >= 4 is 17.6 Å². The maximum atomic E-state index is 12.5. The number of rotatable bonds is 3. The molecule has 0 atom stereocenters. The fraction of sp³-hybridized carbons (Fsp3) is 0.333. The first-order valence-corrected chi connectivity index (χ1v) is 4.50. The topological polar surface area (TPSA) is 48.4 Å². The van der Waals surface area contributed by atoms with Gasteiger partial charge >= 0.3 is 5.97 Å². The van der Waals surface area contributed by atoms with Crippen LogP contribution in [0.5, 0.6) is 5.88 Å². The maximum Gasteiger partial charge on any atom is 0.339 e. The van der Waals surface area contributed by atoms with Crippen LogP contribution in [0, 0.1) is 0 Å². The summed E-state index contributed by atoms with van der Waals surface area (Å²) >= 11 is 5.61. The zero-order chi connectivity index (χ0) is 12.3. The highest BCUT2D eigenvalue weighted by molar-refractivity contribution is 6.34. The van der Waals surface area contributed by atoms with Crippen LogP contribution in [0.2, 0.25) is 5.02 Å². The second kappa shape index (κ2) is 5.07. The van der Waals surface area contributed by atoms with Gasteiger partial charge in [-0.15, -0.1) is 0 Å². The van der Waals surface area contributed by atoms with E-state index >= 15 is 0 Å². The van der Waals surface area contributed by atoms with E-state index in [9.17, 15) is 13.6 Å². The lowest BCUT2D eigenvalue weighted by Gasteiger charge is -2.09. The van der Waals surface area contributed by atoms with E-state index in [4.69, 9.17) is 11.6 Å². The third kappa shape index (κ3) is 2.38. The van der Waals surface area contributed by atoms with Crippen molar-refractivity contribution in [2.75, 3.05) is 14.2 Å². The van der Waals surface area contributed by atoms with E-state index in [1.54, 1.807) is 0 Å². The quantitative estimate of drug-likeness (QED) is 0.775. The van der Waals surface area contributed by atoms with Crippen LogP contribution in [0.3, 0.4) is 0 Å². The molecule has 0 aromatic carbocycles. The van der Waals surface area contributed by atoms with Gasteiger partial charge in [-0.1, -0.05) is 11.6 Å². The molecule has 16 heavy (non-hydrogen) atoms. The van der Waals surface area contributed by atoms with Gasteiger partial charge in [-0.25, -0.2) is 18.6 Å². The average Bonchev–Trinajstić information content (AvgIpc) is 2.28. The van der Waals surface area contributed by atoms with Crippen molar-refractivity contribution in [1.82, 2.24) is 4.98 Å². The number of alkyl halides is 2. The molecule has 0 aliphatic heterocycles. The Morgan fingerprint density at radius 3 is 2.56 bits per heavy atom. The van der Waals surface area contributed by atoms with Gasteiger partial charge in [0.05, 0.1) is 24.8 Å². The van der Waals surface area contributed by atoms with Gasteiger partial charge in [0.15, 0.2) is 0 Å². The number of ether oxygens (including phenoxy) is 2. The Bertz CT molecular complexity index is 412. The summed E-state index contributed by atoms with van der Waals surface area (Å²) in [6.07, 6.45) is -2.90. The molecular weight excluding hydrogens is 244 g/mol. The lowest BCUT2D eigenvalue weighted by molar-refractivity contribution is 0.0599. The number of methoxy groups -OCH3 is 2. The van der Waals surface area contributed by atoms with Gasteiger partial charge < -0.3 is 9.47 Å². The summed E-state index contributed by atoms with van der Waals surface area (Å²) in [6, 6.07) is 1.14. The molecule has 0 N–H and O–H groups in total. The van der Waals surface area contributed by atoms with Crippen molar-refractivity contribution < 1.29 is 23.0 Å². The van der Waals surface area contributed by atoms with Gasteiger partial charge in [0.1, 0.15) is 5.69 Å². The molecule has 1 heterocycles. The standard InChI is InChI=1S/C9H8ClF2NO3/c1-15-5-3-4(9(14)16-2)6(10)7(13-5)8(11)12/h3,8H,1-2H3. The van der Waals surface area contributed by atoms with Crippen molar-refractivity contribution in [3.05, 3.63) is 22.3 Å². The normalized spacial score (nSPS) is 10.4. The summed E-state index contributed by atoms with van der Waals surface area (Å²) in [5.74, 6) is -0.951. The van der Waals surface area contributed by atoms with Gasteiger partial charge in [0.2, 0.25) is 5.88 Å². The van der Waals surface area contributed by atoms with Crippen LogP contribution in [-0.4, -0.2) is 25.2 Å². The molecule has 7 heteroatoms. The Morgan fingerprint density at radius 2 is 2.12 bits per heavy atom. The number of carbonyl (C=O) groups is 1. The zero-order valence-electron chi connectivity index (χ0n) is 8.46. The van der Waals surface area contributed by atoms with E-state index < -0.39 is 23.1 Å². The van der Waals surface area contributed by atoms with E-state index in [-0.39, 0.29) is 11.4 Å². The first-order valence-electron chi connectivity index (χ1n) is 4.12. The number of pyridine rings is 1. The molecule has 0 spiro atoms. The first-order chi connectivity index (χ1) is 7.51. The molecule has 1 aromatic heterocycles.